The van der Waals surface area contributed by atoms with Gasteiger partial charge in [0.15, 0.2) is 22.2 Å². The van der Waals surface area contributed by atoms with E-state index in [9.17, 15) is 4.79 Å². The molecule has 0 N–H and O–H groups in total. The van der Waals surface area contributed by atoms with Crippen LogP contribution in [0.1, 0.15) is 53.5 Å². The van der Waals surface area contributed by atoms with Crippen LogP contribution in [0.15, 0.2) is 54.3 Å². The zero-order chi connectivity index (χ0) is 27.4. The summed E-state index contributed by atoms with van der Waals surface area (Å²) in [5, 5.41) is 2.33. The van der Waals surface area contributed by atoms with Gasteiger partial charge in [-0.15, -0.1) is 0 Å². The Morgan fingerprint density at radius 2 is 1.54 bits per heavy atom. The van der Waals surface area contributed by atoms with Gasteiger partial charge in [0.05, 0.1) is 0 Å². The molecule has 37 heavy (non-hydrogen) atoms. The lowest BCUT2D eigenvalue weighted by Crippen LogP contribution is -2.54. The molecule has 0 aromatic heterocycles. The first-order valence-electron chi connectivity index (χ1n) is 13.4. The minimum Gasteiger partial charge on any atom is -0.491 e. The summed E-state index contributed by atoms with van der Waals surface area (Å²) in [6.45, 7) is 22.4. The molecule has 3 atom stereocenters. The maximum atomic E-state index is 13.4. The van der Waals surface area contributed by atoms with Crippen LogP contribution in [0.25, 0.3) is 10.8 Å². The monoisotopic (exact) mass is 540 g/mol. The molecule has 0 saturated carbocycles. The van der Waals surface area contributed by atoms with Gasteiger partial charge < -0.3 is 18.3 Å². The summed E-state index contributed by atoms with van der Waals surface area (Å²) in [6, 6.07) is 14.7. The number of ether oxygens (including phenoxy) is 2. The second-order valence-electron chi connectivity index (χ2n) is 13.7. The van der Waals surface area contributed by atoms with Crippen LogP contribution in [-0.2, 0) is 29.7 Å². The molecule has 1 aliphatic heterocycles. The molecule has 2 bridgehead atoms. The molecular formula is C30H44O5Si2. The highest BCUT2D eigenvalue weighted by Gasteiger charge is 2.60. The van der Waals surface area contributed by atoms with Gasteiger partial charge in [0.1, 0.15) is 24.6 Å². The Morgan fingerprint density at radius 1 is 0.919 bits per heavy atom. The lowest BCUT2D eigenvalue weighted by molar-refractivity contribution is -0.151. The van der Waals surface area contributed by atoms with Crippen molar-refractivity contribution in [1.82, 2.24) is 0 Å². The van der Waals surface area contributed by atoms with E-state index in [0.717, 1.165) is 5.56 Å². The van der Waals surface area contributed by atoms with Crippen molar-refractivity contribution in [2.45, 2.75) is 109 Å². The van der Waals surface area contributed by atoms with Crippen LogP contribution in [0.5, 0.6) is 0 Å². The van der Waals surface area contributed by atoms with Crippen LogP contribution in [0.4, 0.5) is 0 Å². The fourth-order valence-electron chi connectivity index (χ4n) is 4.41. The maximum Gasteiger partial charge on any atom is 0.342 e. The number of carbonyl (C=O) groups excluding carboxylic acids is 1. The second-order valence-corrected chi connectivity index (χ2v) is 23.2. The lowest BCUT2D eigenvalue weighted by Gasteiger charge is -2.44. The van der Waals surface area contributed by atoms with Crippen molar-refractivity contribution in [2.75, 3.05) is 0 Å². The molecule has 202 valence electrons. The van der Waals surface area contributed by atoms with Gasteiger partial charge in [0, 0.05) is 6.42 Å². The van der Waals surface area contributed by atoms with E-state index in [-0.39, 0.29) is 16.0 Å². The highest BCUT2D eigenvalue weighted by Crippen LogP contribution is 2.48. The number of fused-ring (bicyclic) bond motifs is 3. The molecule has 1 fully saturated rings. The summed E-state index contributed by atoms with van der Waals surface area (Å²) >= 11 is 0. The molecule has 0 spiro atoms. The number of hydrogen-bond acceptors (Lipinski definition) is 5. The van der Waals surface area contributed by atoms with E-state index in [1.54, 1.807) is 0 Å². The molecule has 4 rings (SSSR count). The van der Waals surface area contributed by atoms with E-state index in [1.165, 1.54) is 10.8 Å². The van der Waals surface area contributed by atoms with Crippen molar-refractivity contribution in [2.24, 2.45) is 0 Å². The number of carbonyl (C=O) groups is 1. The number of benzene rings is 2. The third-order valence-electron chi connectivity index (χ3n) is 8.79. The van der Waals surface area contributed by atoms with Crippen molar-refractivity contribution in [3.63, 3.8) is 0 Å². The fourth-order valence-corrected chi connectivity index (χ4v) is 7.11. The smallest absolute Gasteiger partial charge is 0.342 e. The first-order chi connectivity index (χ1) is 16.9. The van der Waals surface area contributed by atoms with E-state index >= 15 is 0 Å². The van der Waals surface area contributed by atoms with Gasteiger partial charge in [-0.05, 0) is 64.7 Å². The summed E-state index contributed by atoms with van der Waals surface area (Å²) in [6.07, 6.45) is 1.48. The van der Waals surface area contributed by atoms with Gasteiger partial charge in [0.25, 0.3) is 0 Å². The van der Waals surface area contributed by atoms with E-state index in [0.29, 0.717) is 18.8 Å². The van der Waals surface area contributed by atoms with Crippen LogP contribution < -0.4 is 0 Å². The highest BCUT2D eigenvalue weighted by molar-refractivity contribution is 6.74. The predicted molar refractivity (Wildman–Crippen MR) is 154 cm³/mol. The molecule has 1 aliphatic carbocycles. The summed E-state index contributed by atoms with van der Waals surface area (Å²) in [5.74, 6) is 0.328. The molecule has 5 nitrogen and oxygen atoms in total. The van der Waals surface area contributed by atoms with Crippen molar-refractivity contribution in [3.8, 4) is 0 Å². The number of rotatable bonds is 7. The molecule has 2 aromatic carbocycles. The van der Waals surface area contributed by atoms with Crippen LogP contribution in [-0.4, -0.2) is 40.4 Å². The van der Waals surface area contributed by atoms with Crippen LogP contribution in [0, 0.1) is 0 Å². The van der Waals surface area contributed by atoms with Crippen LogP contribution in [0.3, 0.4) is 0 Å². The molecule has 7 heteroatoms. The average Bonchev–Trinajstić information content (AvgIpc) is 3.03. The zero-order valence-electron chi connectivity index (χ0n) is 24.2. The molecule has 1 saturated heterocycles. The van der Waals surface area contributed by atoms with E-state index in [1.807, 2.05) is 18.2 Å². The first-order valence-corrected chi connectivity index (χ1v) is 19.2. The molecule has 1 heterocycles. The highest BCUT2D eigenvalue weighted by atomic mass is 28.4. The topological polar surface area (TPSA) is 54.0 Å². The van der Waals surface area contributed by atoms with E-state index < -0.39 is 34.4 Å². The van der Waals surface area contributed by atoms with Gasteiger partial charge in [-0.1, -0.05) is 77.9 Å². The second kappa shape index (κ2) is 9.36. The van der Waals surface area contributed by atoms with Gasteiger partial charge in [-0.2, -0.15) is 0 Å². The standard InChI is InChI=1S/C30H44O5Si2/c1-28(2,3)36(7,8)34-26-24(32-20-21-15-16-22-13-11-12-14-23(22)17-21)18-30(19-25(26)33-27(30)31)35-37(9,10)29(4,5)6/h11-18,25-26H,19-20H2,1-10H3/t25-,26-,30+/m1/s1. The molecule has 2 aromatic rings. The van der Waals surface area contributed by atoms with Gasteiger partial charge >= 0.3 is 5.97 Å². The Labute approximate surface area is 224 Å². The molecule has 0 amide bonds. The van der Waals surface area contributed by atoms with Crippen molar-refractivity contribution < 1.29 is 23.1 Å². The summed E-state index contributed by atoms with van der Waals surface area (Å²) in [4.78, 5) is 13.4. The van der Waals surface area contributed by atoms with Crippen molar-refractivity contribution in [3.05, 3.63) is 59.9 Å². The normalized spacial score (nSPS) is 24.7. The average molecular weight is 541 g/mol. The van der Waals surface area contributed by atoms with E-state index in [2.05, 4.69) is 98.1 Å². The third kappa shape index (κ3) is 5.46. The quantitative estimate of drug-likeness (QED) is 0.266. The molecule has 2 aliphatic rings. The Hall–Kier alpha value is -1.94. The number of hydrogen-bond donors (Lipinski definition) is 0. The Kier molecular flexibility index (Phi) is 7.11. The van der Waals surface area contributed by atoms with E-state index in [4.69, 9.17) is 18.3 Å². The third-order valence-corrected chi connectivity index (χ3v) is 17.7. The predicted octanol–water partition coefficient (Wildman–Crippen LogP) is 7.72. The van der Waals surface area contributed by atoms with Crippen molar-refractivity contribution in [1.29, 1.82) is 0 Å². The molecule has 0 radical (unpaired) electrons. The summed E-state index contributed by atoms with van der Waals surface area (Å²) in [7, 11) is -4.47. The van der Waals surface area contributed by atoms with Crippen LogP contribution in [0.2, 0.25) is 36.3 Å². The Balaban J connectivity index is 1.69. The van der Waals surface area contributed by atoms with Gasteiger partial charge in [0.2, 0.25) is 0 Å². The minimum absolute atomic E-state index is 0.00520. The first kappa shape index (κ1) is 28.1. The molecular weight excluding hydrogens is 496 g/mol. The number of esters is 1. The minimum atomic E-state index is -2.28. The molecule has 0 unspecified atom stereocenters. The fraction of sp³-hybridized carbons (Fsp3) is 0.567. The largest absolute Gasteiger partial charge is 0.491 e. The summed E-state index contributed by atoms with van der Waals surface area (Å²) < 4.78 is 26.1. The van der Waals surface area contributed by atoms with Gasteiger partial charge in [-0.25, -0.2) is 4.79 Å². The summed E-state index contributed by atoms with van der Waals surface area (Å²) in [5.41, 5.74) is -0.0603. The van der Waals surface area contributed by atoms with Crippen LogP contribution >= 0.6 is 0 Å². The SMILES string of the molecule is CC(C)(C)[Si](C)(C)O[C@@H]1C(OCc2ccc3ccccc3c2)=C[C@]2(O[Si](C)(C)C(C)(C)C)C[C@H]1OC2=O. The maximum absolute atomic E-state index is 13.4. The van der Waals surface area contributed by atoms with Crippen molar-refractivity contribution >= 4 is 33.4 Å². The van der Waals surface area contributed by atoms with Gasteiger partial charge in [-0.3, -0.25) is 0 Å². The zero-order valence-corrected chi connectivity index (χ0v) is 26.2. The Morgan fingerprint density at radius 3 is 2.16 bits per heavy atom. The lowest BCUT2D eigenvalue weighted by atomic mass is 9.89. The Bertz CT molecular complexity index is 1200.